The third kappa shape index (κ3) is 3.69. The van der Waals surface area contributed by atoms with E-state index in [0.29, 0.717) is 5.92 Å². The SMILES string of the molecule is CC1CC(N)CCC1C(=O)NCC(=O)N1CCCC1. The Kier molecular flexibility index (Phi) is 4.80. The minimum atomic E-state index is 0.0196. The van der Waals surface area contributed by atoms with Gasteiger partial charge in [0.05, 0.1) is 6.54 Å². The highest BCUT2D eigenvalue weighted by molar-refractivity contribution is 5.86. The zero-order valence-corrected chi connectivity index (χ0v) is 11.7. The van der Waals surface area contributed by atoms with E-state index in [1.165, 1.54) is 0 Å². The maximum absolute atomic E-state index is 12.1. The van der Waals surface area contributed by atoms with Crippen molar-refractivity contribution >= 4 is 11.8 Å². The molecule has 5 nitrogen and oxygen atoms in total. The van der Waals surface area contributed by atoms with Crippen molar-refractivity contribution in [2.45, 2.75) is 45.1 Å². The van der Waals surface area contributed by atoms with Crippen LogP contribution in [0.2, 0.25) is 0 Å². The largest absolute Gasteiger partial charge is 0.347 e. The number of likely N-dealkylation sites (tertiary alicyclic amines) is 1. The first kappa shape index (κ1) is 14.3. The average Bonchev–Trinajstić information content (AvgIpc) is 2.89. The number of hydrogen-bond donors (Lipinski definition) is 2. The van der Waals surface area contributed by atoms with Crippen molar-refractivity contribution in [2.75, 3.05) is 19.6 Å². The zero-order chi connectivity index (χ0) is 13.8. The van der Waals surface area contributed by atoms with Crippen LogP contribution in [0.25, 0.3) is 0 Å². The number of carbonyl (C=O) groups is 2. The second-order valence-electron chi connectivity index (χ2n) is 5.96. The van der Waals surface area contributed by atoms with Crippen LogP contribution >= 0.6 is 0 Å². The molecule has 2 aliphatic rings. The van der Waals surface area contributed by atoms with E-state index in [1.54, 1.807) is 0 Å². The van der Waals surface area contributed by atoms with Gasteiger partial charge in [0.15, 0.2) is 0 Å². The molecule has 5 heteroatoms. The Bertz CT molecular complexity index is 340. The Morgan fingerprint density at radius 2 is 1.95 bits per heavy atom. The molecule has 0 aromatic rings. The van der Waals surface area contributed by atoms with E-state index in [1.807, 2.05) is 4.90 Å². The summed E-state index contributed by atoms with van der Waals surface area (Å²) in [5.74, 6) is 0.398. The number of rotatable bonds is 3. The van der Waals surface area contributed by atoms with Crippen LogP contribution in [-0.4, -0.2) is 42.4 Å². The summed E-state index contributed by atoms with van der Waals surface area (Å²) in [4.78, 5) is 25.8. The van der Waals surface area contributed by atoms with Crippen LogP contribution in [0.5, 0.6) is 0 Å². The Morgan fingerprint density at radius 3 is 2.58 bits per heavy atom. The van der Waals surface area contributed by atoms with Crippen LogP contribution in [-0.2, 0) is 9.59 Å². The molecule has 3 N–H and O–H groups in total. The van der Waals surface area contributed by atoms with Crippen LogP contribution in [0.4, 0.5) is 0 Å². The van der Waals surface area contributed by atoms with Crippen molar-refractivity contribution in [3.63, 3.8) is 0 Å². The molecule has 1 aliphatic heterocycles. The van der Waals surface area contributed by atoms with Crippen molar-refractivity contribution in [2.24, 2.45) is 17.6 Å². The Hall–Kier alpha value is -1.10. The van der Waals surface area contributed by atoms with Gasteiger partial charge in [-0.2, -0.15) is 0 Å². The normalized spacial score (nSPS) is 31.3. The summed E-state index contributed by atoms with van der Waals surface area (Å²) >= 11 is 0. The molecular weight excluding hydrogens is 242 g/mol. The van der Waals surface area contributed by atoms with Crippen molar-refractivity contribution < 1.29 is 9.59 Å². The number of nitrogens with two attached hydrogens (primary N) is 1. The summed E-state index contributed by atoms with van der Waals surface area (Å²) < 4.78 is 0. The lowest BCUT2D eigenvalue weighted by molar-refractivity contribution is -0.134. The van der Waals surface area contributed by atoms with E-state index in [4.69, 9.17) is 5.73 Å². The van der Waals surface area contributed by atoms with Gasteiger partial charge < -0.3 is 16.0 Å². The van der Waals surface area contributed by atoms with Crippen LogP contribution in [0.3, 0.4) is 0 Å². The Labute approximate surface area is 114 Å². The first-order valence-electron chi connectivity index (χ1n) is 7.39. The van der Waals surface area contributed by atoms with E-state index >= 15 is 0 Å². The minimum Gasteiger partial charge on any atom is -0.347 e. The summed E-state index contributed by atoms with van der Waals surface area (Å²) in [7, 11) is 0. The molecule has 108 valence electrons. The molecule has 3 unspecified atom stereocenters. The highest BCUT2D eigenvalue weighted by atomic mass is 16.2. The lowest BCUT2D eigenvalue weighted by Gasteiger charge is -2.31. The third-order valence-electron chi connectivity index (χ3n) is 4.42. The number of nitrogens with zero attached hydrogens (tertiary/aromatic N) is 1. The molecule has 1 heterocycles. The van der Waals surface area contributed by atoms with Gasteiger partial charge in [-0.15, -0.1) is 0 Å². The van der Waals surface area contributed by atoms with Crippen LogP contribution in [0.15, 0.2) is 0 Å². The lowest BCUT2D eigenvalue weighted by Crippen LogP contribution is -2.44. The Balaban J connectivity index is 1.76. The van der Waals surface area contributed by atoms with E-state index < -0.39 is 0 Å². The second-order valence-corrected chi connectivity index (χ2v) is 5.96. The molecule has 19 heavy (non-hydrogen) atoms. The molecule has 2 fully saturated rings. The molecular formula is C14H25N3O2. The second kappa shape index (κ2) is 6.37. The molecule has 1 aliphatic carbocycles. The first-order chi connectivity index (χ1) is 9.08. The standard InChI is InChI=1S/C14H25N3O2/c1-10-8-11(15)4-5-12(10)14(19)16-9-13(18)17-6-2-3-7-17/h10-12H,2-9,15H2,1H3,(H,16,19). The van der Waals surface area contributed by atoms with Gasteiger partial charge in [-0.05, 0) is 38.0 Å². The maximum Gasteiger partial charge on any atom is 0.241 e. The molecule has 0 spiro atoms. The van der Waals surface area contributed by atoms with Crippen molar-refractivity contribution in [1.29, 1.82) is 0 Å². The van der Waals surface area contributed by atoms with E-state index in [2.05, 4.69) is 12.2 Å². The van der Waals surface area contributed by atoms with E-state index in [-0.39, 0.29) is 30.3 Å². The minimum absolute atomic E-state index is 0.0196. The van der Waals surface area contributed by atoms with Gasteiger partial charge in [-0.1, -0.05) is 6.92 Å². The van der Waals surface area contributed by atoms with E-state index in [9.17, 15) is 9.59 Å². The highest BCUT2D eigenvalue weighted by Crippen LogP contribution is 2.29. The molecule has 3 atom stereocenters. The average molecular weight is 267 g/mol. The molecule has 0 radical (unpaired) electrons. The fourth-order valence-electron chi connectivity index (χ4n) is 3.20. The lowest BCUT2D eigenvalue weighted by atomic mass is 9.78. The van der Waals surface area contributed by atoms with Gasteiger partial charge in [-0.25, -0.2) is 0 Å². The van der Waals surface area contributed by atoms with Crippen molar-refractivity contribution in [3.8, 4) is 0 Å². The molecule has 1 saturated heterocycles. The van der Waals surface area contributed by atoms with Gasteiger partial charge in [0.2, 0.25) is 11.8 Å². The fourth-order valence-corrected chi connectivity index (χ4v) is 3.20. The van der Waals surface area contributed by atoms with Gasteiger partial charge in [0.1, 0.15) is 0 Å². The van der Waals surface area contributed by atoms with Crippen LogP contribution in [0, 0.1) is 11.8 Å². The molecule has 2 rings (SSSR count). The summed E-state index contributed by atoms with van der Waals surface area (Å²) in [6, 6.07) is 0.227. The predicted molar refractivity (Wildman–Crippen MR) is 73.3 cm³/mol. The summed E-state index contributed by atoms with van der Waals surface area (Å²) in [5, 5.41) is 2.80. The Morgan fingerprint density at radius 1 is 1.26 bits per heavy atom. The maximum atomic E-state index is 12.1. The number of amides is 2. The molecule has 2 amide bonds. The number of hydrogen-bond acceptors (Lipinski definition) is 3. The fraction of sp³-hybridized carbons (Fsp3) is 0.857. The number of nitrogens with one attached hydrogen (secondary N) is 1. The topological polar surface area (TPSA) is 75.4 Å². The predicted octanol–water partition coefficient (Wildman–Crippen LogP) is 0.489. The van der Waals surface area contributed by atoms with Gasteiger partial charge in [0, 0.05) is 25.0 Å². The van der Waals surface area contributed by atoms with E-state index in [0.717, 1.165) is 45.2 Å². The monoisotopic (exact) mass is 267 g/mol. The molecule has 0 aromatic carbocycles. The highest BCUT2D eigenvalue weighted by Gasteiger charge is 2.31. The van der Waals surface area contributed by atoms with Crippen LogP contribution in [0.1, 0.15) is 39.0 Å². The van der Waals surface area contributed by atoms with Gasteiger partial charge in [-0.3, -0.25) is 9.59 Å². The van der Waals surface area contributed by atoms with Crippen molar-refractivity contribution in [3.05, 3.63) is 0 Å². The quantitative estimate of drug-likeness (QED) is 0.781. The molecule has 0 bridgehead atoms. The van der Waals surface area contributed by atoms with Gasteiger partial charge >= 0.3 is 0 Å². The van der Waals surface area contributed by atoms with Crippen molar-refractivity contribution in [1.82, 2.24) is 10.2 Å². The summed E-state index contributed by atoms with van der Waals surface area (Å²) in [6.45, 7) is 3.90. The smallest absolute Gasteiger partial charge is 0.241 e. The summed E-state index contributed by atoms with van der Waals surface area (Å²) in [6.07, 6.45) is 4.81. The molecule has 0 aromatic heterocycles. The van der Waals surface area contributed by atoms with Crippen LogP contribution < -0.4 is 11.1 Å². The zero-order valence-electron chi connectivity index (χ0n) is 11.7. The first-order valence-corrected chi connectivity index (χ1v) is 7.39. The van der Waals surface area contributed by atoms with Gasteiger partial charge in [0.25, 0.3) is 0 Å². The third-order valence-corrected chi connectivity index (χ3v) is 4.42. The molecule has 1 saturated carbocycles. The number of carbonyl (C=O) groups excluding carboxylic acids is 2. The summed E-state index contributed by atoms with van der Waals surface area (Å²) in [5.41, 5.74) is 5.90.